The van der Waals surface area contributed by atoms with Crippen molar-refractivity contribution in [2.45, 2.75) is 71.8 Å². The van der Waals surface area contributed by atoms with E-state index in [4.69, 9.17) is 33.4 Å². The molecule has 0 saturated carbocycles. The molecule has 3 amide bonds. The maximum Gasteiger partial charge on any atom is 0.246 e. The number of carbonyl (C=O) groups excluding carboxylic acids is 3. The maximum atomic E-state index is 15.5. The molecule has 3 aliphatic heterocycles. The summed E-state index contributed by atoms with van der Waals surface area (Å²) in [7, 11) is -1.55. The number of benzene rings is 4. The number of rotatable bonds is 30. The minimum Gasteiger partial charge on any atom is -0.493 e. The van der Waals surface area contributed by atoms with Gasteiger partial charge in [0.15, 0.2) is 21.3 Å². The molecule has 4 aromatic carbocycles. The molecule has 90 heavy (non-hydrogen) atoms. The first-order valence-corrected chi connectivity index (χ1v) is 33.3. The zero-order valence-electron chi connectivity index (χ0n) is 51.9. The molecular weight excluding hydrogens is 1200 g/mol. The van der Waals surface area contributed by atoms with Crippen LogP contribution >= 0.6 is 11.3 Å². The van der Waals surface area contributed by atoms with Gasteiger partial charge in [-0.25, -0.2) is 27.2 Å². The molecule has 0 spiro atoms. The zero-order valence-corrected chi connectivity index (χ0v) is 53.6. The predicted octanol–water partition coefficient (Wildman–Crippen LogP) is 6.17. The number of β-amino-alcohol motifs (C(OH)–C–C–N with tert-alkyl or cyclic N) is 1. The van der Waals surface area contributed by atoms with Gasteiger partial charge in [0.25, 0.3) is 0 Å². The van der Waals surface area contributed by atoms with Crippen LogP contribution in [0.3, 0.4) is 0 Å². The zero-order chi connectivity index (χ0) is 63.8. The van der Waals surface area contributed by atoms with Crippen molar-refractivity contribution in [2.24, 2.45) is 5.41 Å². The molecule has 0 radical (unpaired) electrons. The minimum atomic E-state index is -3.13. The van der Waals surface area contributed by atoms with Crippen molar-refractivity contribution < 1.29 is 65.1 Å². The molecule has 3 saturated heterocycles. The number of amides is 3. The van der Waals surface area contributed by atoms with E-state index in [0.717, 1.165) is 73.0 Å². The average Bonchev–Trinajstić information content (AvgIpc) is 0.970. The molecule has 3 unspecified atom stereocenters. The van der Waals surface area contributed by atoms with Gasteiger partial charge < -0.3 is 54.0 Å². The molecule has 25 heteroatoms. The Morgan fingerprint density at radius 1 is 0.767 bits per heavy atom. The van der Waals surface area contributed by atoms with Crippen LogP contribution in [0.4, 0.5) is 8.78 Å². The van der Waals surface area contributed by atoms with Gasteiger partial charge in [-0.2, -0.15) is 0 Å². The molecule has 3 fully saturated rings. The van der Waals surface area contributed by atoms with Crippen LogP contribution in [0.25, 0.3) is 43.9 Å². The summed E-state index contributed by atoms with van der Waals surface area (Å²) in [5.41, 5.74) is 7.03. The lowest BCUT2D eigenvalue weighted by Crippen LogP contribution is -2.58. The van der Waals surface area contributed by atoms with Crippen molar-refractivity contribution in [3.05, 3.63) is 113 Å². The van der Waals surface area contributed by atoms with Gasteiger partial charge in [0.2, 0.25) is 17.7 Å². The van der Waals surface area contributed by atoms with Crippen molar-refractivity contribution in [3.8, 4) is 44.3 Å². The molecule has 6 aromatic rings. The fourth-order valence-corrected chi connectivity index (χ4v) is 13.2. The van der Waals surface area contributed by atoms with E-state index in [1.165, 1.54) is 17.0 Å². The lowest BCUT2D eigenvalue weighted by molar-refractivity contribution is -0.144. The predicted molar refractivity (Wildman–Crippen MR) is 339 cm³/mol. The number of aromatic nitrogens is 3. The third-order valence-corrected chi connectivity index (χ3v) is 18.8. The highest BCUT2D eigenvalue weighted by Crippen LogP contribution is 2.36. The third-order valence-electron chi connectivity index (χ3n) is 16.3. The molecule has 0 bridgehead atoms. The quantitative estimate of drug-likeness (QED) is 0.0427. The first kappa shape index (κ1) is 67.7. The number of halogens is 2. The van der Waals surface area contributed by atoms with Gasteiger partial charge >= 0.3 is 0 Å². The molecule has 5 heterocycles. The van der Waals surface area contributed by atoms with E-state index >= 15 is 8.78 Å². The lowest BCUT2D eigenvalue weighted by atomic mass is 9.85. The number of nitrogens with one attached hydrogen (secondary N) is 2. The number of ether oxygens (including phenoxy) is 6. The van der Waals surface area contributed by atoms with E-state index in [-0.39, 0.29) is 81.9 Å². The molecule has 9 rings (SSSR count). The molecule has 3 atom stereocenters. The summed E-state index contributed by atoms with van der Waals surface area (Å²) in [4.78, 5) is 63.4. The summed E-state index contributed by atoms with van der Waals surface area (Å²) >= 11 is 1.57. The maximum absolute atomic E-state index is 15.5. The van der Waals surface area contributed by atoms with Gasteiger partial charge in [-0.15, -0.1) is 11.3 Å². The summed E-state index contributed by atoms with van der Waals surface area (Å²) in [5.74, 6) is -1.67. The molecule has 3 N–H and O–H groups in total. The number of likely N-dealkylation sites (tertiary alicyclic amines) is 1. The Kier molecular flexibility index (Phi) is 24.1. The Morgan fingerprint density at radius 2 is 1.42 bits per heavy atom. The number of para-hydroxylation sites is 1. The number of hydrogen-bond donors (Lipinski definition) is 3. The Hall–Kier alpha value is -6.65. The highest BCUT2D eigenvalue weighted by atomic mass is 32.2. The molecule has 486 valence electrons. The van der Waals surface area contributed by atoms with Gasteiger partial charge in [-0.05, 0) is 71.8 Å². The Labute approximate surface area is 529 Å². The van der Waals surface area contributed by atoms with E-state index < -0.39 is 56.9 Å². The van der Waals surface area contributed by atoms with Gasteiger partial charge in [-0.3, -0.25) is 29.2 Å². The summed E-state index contributed by atoms with van der Waals surface area (Å²) in [6.07, 6.45) is 1.69. The molecular formula is C65H83F2N9O12S2. The normalized spacial score (nSPS) is 17.8. The topological polar surface area (TPSA) is 237 Å². The largest absolute Gasteiger partial charge is 0.493 e. The van der Waals surface area contributed by atoms with Gasteiger partial charge in [0.1, 0.15) is 30.3 Å². The number of aryl methyl sites for hydroxylation is 1. The fraction of sp³-hybridized carbons (Fsp3) is 0.508. The molecule has 2 aromatic heterocycles. The summed E-state index contributed by atoms with van der Waals surface area (Å²) in [6.45, 7) is 16.4. The van der Waals surface area contributed by atoms with E-state index in [1.807, 2.05) is 75.7 Å². The Bertz CT molecular complexity index is 3460. The number of sulfone groups is 1. The standard InChI is InChI=1S/C65H83F2N9O12S2/c1-44-61(89-43-70-44)46-12-10-45(11-13-46)38-69-63(79)56-37-49(77)40-76(56)64(80)62(65(2,3)4)72-59(78)42-87-31-30-86-29-28-85-27-26-84-25-21-74-19-17-73(18-20-74)16-7-24-88-57-15-14-47(36-58(57)83-5)55-39-68-54-9-6-8-50(60(54)71-55)48-34-52(66)51(53(67)35-48)41-75-22-32-90(81,82)33-23-75/h6,8-15,34-36,39,43,49,56,62,77H,7,16-33,37-38,40-42H2,1-5H3,(H,69,79)(H,72,78). The number of aliphatic hydroxyl groups excluding tert-OH is 1. The molecule has 3 aliphatic rings. The highest BCUT2D eigenvalue weighted by Gasteiger charge is 2.44. The second kappa shape index (κ2) is 32.1. The number of nitrogens with zero attached hydrogens (tertiary/aromatic N) is 7. The van der Waals surface area contributed by atoms with Crippen LogP contribution in [0.2, 0.25) is 0 Å². The van der Waals surface area contributed by atoms with Crippen molar-refractivity contribution in [1.82, 2.24) is 45.2 Å². The van der Waals surface area contributed by atoms with E-state index in [1.54, 1.807) is 47.7 Å². The van der Waals surface area contributed by atoms with Crippen LogP contribution in [0.5, 0.6) is 11.5 Å². The molecule has 21 nitrogen and oxygen atoms in total. The van der Waals surface area contributed by atoms with E-state index in [0.29, 0.717) is 79.0 Å². The fourth-order valence-electron chi connectivity index (χ4n) is 11.1. The third kappa shape index (κ3) is 18.8. The van der Waals surface area contributed by atoms with Crippen LogP contribution in [0.15, 0.2) is 84.5 Å². The summed E-state index contributed by atoms with van der Waals surface area (Å²) in [6, 6.07) is 19.5. The molecule has 0 aliphatic carbocycles. The minimum absolute atomic E-state index is 0.0230. The summed E-state index contributed by atoms with van der Waals surface area (Å²) < 4.78 is 89.4. The van der Waals surface area contributed by atoms with Crippen LogP contribution in [-0.4, -0.2) is 221 Å². The number of hydrogen-bond acceptors (Lipinski definition) is 19. The van der Waals surface area contributed by atoms with Gasteiger partial charge in [0, 0.05) is 95.1 Å². The number of carbonyl (C=O) groups is 3. The number of aliphatic hydroxyl groups is 1. The number of thiazole rings is 1. The van der Waals surface area contributed by atoms with Crippen molar-refractivity contribution in [1.29, 1.82) is 0 Å². The number of methoxy groups -OCH3 is 1. The van der Waals surface area contributed by atoms with Crippen LogP contribution < -0.4 is 20.1 Å². The van der Waals surface area contributed by atoms with E-state index in [2.05, 4.69) is 30.4 Å². The highest BCUT2D eigenvalue weighted by molar-refractivity contribution is 7.91. The SMILES string of the molecule is COc1cc(-c2cnc3cccc(-c4cc(F)c(CN5CCS(=O)(=O)CC5)c(F)c4)c3n2)ccc1OCCCN1CCN(CCOCCOCCOCCOCC(=O)NC(C(=O)N2CC(O)CC2C(=O)NCc2ccc(-c3scnc3C)cc2)C(C)(C)C)CC1. The van der Waals surface area contributed by atoms with Crippen LogP contribution in [0.1, 0.15) is 50.4 Å². The van der Waals surface area contributed by atoms with Crippen LogP contribution in [0, 0.1) is 24.0 Å². The van der Waals surface area contributed by atoms with Crippen molar-refractivity contribution in [3.63, 3.8) is 0 Å². The smallest absolute Gasteiger partial charge is 0.246 e. The second-order valence-electron chi connectivity index (χ2n) is 23.9. The average molecular weight is 1280 g/mol. The van der Waals surface area contributed by atoms with E-state index in [9.17, 15) is 27.9 Å². The Morgan fingerprint density at radius 3 is 2.08 bits per heavy atom. The first-order chi connectivity index (χ1) is 43.3. The van der Waals surface area contributed by atoms with Crippen molar-refractivity contribution in [2.75, 3.05) is 137 Å². The van der Waals surface area contributed by atoms with Crippen molar-refractivity contribution >= 4 is 49.9 Å². The number of piperazine rings is 1. The summed E-state index contributed by atoms with van der Waals surface area (Å²) in [5, 5.41) is 16.3. The van der Waals surface area contributed by atoms with Crippen LogP contribution in [-0.2, 0) is 56.3 Å². The number of fused-ring (bicyclic) bond motifs is 1. The van der Waals surface area contributed by atoms with Gasteiger partial charge in [-0.1, -0.05) is 57.2 Å². The monoisotopic (exact) mass is 1280 g/mol. The Balaban J connectivity index is 0.598. The second-order valence-corrected chi connectivity index (χ2v) is 27.0. The first-order valence-electron chi connectivity index (χ1n) is 30.6. The van der Waals surface area contributed by atoms with Gasteiger partial charge in [0.05, 0.1) is 117 Å². The lowest BCUT2D eigenvalue weighted by Gasteiger charge is -2.35.